The van der Waals surface area contributed by atoms with Crippen LogP contribution in [0.4, 0.5) is 20.2 Å². The van der Waals surface area contributed by atoms with Gasteiger partial charge in [-0.15, -0.1) is 0 Å². The van der Waals surface area contributed by atoms with E-state index in [2.05, 4.69) is 16.4 Å². The molecule has 0 saturated carbocycles. The van der Waals surface area contributed by atoms with Crippen molar-refractivity contribution in [1.29, 1.82) is 0 Å². The second-order valence-corrected chi connectivity index (χ2v) is 5.14. The Hall–Kier alpha value is -2.49. The van der Waals surface area contributed by atoms with Crippen LogP contribution in [0.3, 0.4) is 0 Å². The van der Waals surface area contributed by atoms with Crippen molar-refractivity contribution in [2.24, 2.45) is 0 Å². The summed E-state index contributed by atoms with van der Waals surface area (Å²) in [7, 11) is 0. The smallest absolute Gasteiger partial charge is 0.152 e. The molecule has 21 heavy (non-hydrogen) atoms. The zero-order valence-corrected chi connectivity index (χ0v) is 11.7. The predicted octanol–water partition coefficient (Wildman–Crippen LogP) is 4.87. The number of fused-ring (bicyclic) bond motifs is 1. The molecule has 0 spiro atoms. The van der Waals surface area contributed by atoms with Gasteiger partial charge in [-0.1, -0.05) is 6.07 Å². The van der Waals surface area contributed by atoms with E-state index in [0.29, 0.717) is 11.1 Å². The van der Waals surface area contributed by atoms with E-state index in [9.17, 15) is 8.78 Å². The fourth-order valence-electron chi connectivity index (χ4n) is 2.49. The molecule has 2 aromatic carbocycles. The summed E-state index contributed by atoms with van der Waals surface area (Å²) in [5.74, 6) is -1.27. The van der Waals surface area contributed by atoms with Crippen LogP contribution < -0.4 is 5.32 Å². The number of nitrogens with zero attached hydrogens (tertiary/aromatic N) is 1. The topological polar surface area (TPSA) is 24.9 Å². The Kier molecular flexibility index (Phi) is 3.29. The van der Waals surface area contributed by atoms with Crippen molar-refractivity contribution in [3.05, 3.63) is 65.4 Å². The SMILES string of the molecule is Cc1cc(C)cc(Nc2ccnc3c(F)cc(F)cc23)c1. The van der Waals surface area contributed by atoms with Gasteiger partial charge in [0.15, 0.2) is 5.82 Å². The number of hydrogen-bond donors (Lipinski definition) is 1. The number of hydrogen-bond acceptors (Lipinski definition) is 2. The molecule has 0 aliphatic rings. The van der Waals surface area contributed by atoms with Crippen molar-refractivity contribution in [2.75, 3.05) is 5.32 Å². The lowest BCUT2D eigenvalue weighted by Crippen LogP contribution is -1.96. The summed E-state index contributed by atoms with van der Waals surface area (Å²) in [6.45, 7) is 4.00. The van der Waals surface area contributed by atoms with Crippen molar-refractivity contribution in [3.8, 4) is 0 Å². The van der Waals surface area contributed by atoms with Gasteiger partial charge < -0.3 is 5.32 Å². The van der Waals surface area contributed by atoms with Crippen LogP contribution in [0.25, 0.3) is 10.9 Å². The van der Waals surface area contributed by atoms with Gasteiger partial charge in [-0.25, -0.2) is 8.78 Å². The molecule has 0 aliphatic heterocycles. The molecule has 0 radical (unpaired) electrons. The first-order chi connectivity index (χ1) is 10.0. The predicted molar refractivity (Wildman–Crippen MR) is 80.9 cm³/mol. The second-order valence-electron chi connectivity index (χ2n) is 5.14. The van der Waals surface area contributed by atoms with Gasteiger partial charge in [0.2, 0.25) is 0 Å². The Morgan fingerprint density at radius 2 is 1.67 bits per heavy atom. The molecule has 0 atom stereocenters. The van der Waals surface area contributed by atoms with Crippen LogP contribution in [-0.2, 0) is 0 Å². The first-order valence-corrected chi connectivity index (χ1v) is 6.62. The number of rotatable bonds is 2. The Bertz CT molecular complexity index is 808. The van der Waals surface area contributed by atoms with E-state index >= 15 is 0 Å². The van der Waals surface area contributed by atoms with Crippen LogP contribution in [0.1, 0.15) is 11.1 Å². The lowest BCUT2D eigenvalue weighted by atomic mass is 10.1. The van der Waals surface area contributed by atoms with Crippen LogP contribution >= 0.6 is 0 Å². The summed E-state index contributed by atoms with van der Waals surface area (Å²) in [4.78, 5) is 3.98. The molecule has 3 aromatic rings. The largest absolute Gasteiger partial charge is 0.355 e. The average molecular weight is 284 g/mol. The maximum atomic E-state index is 13.8. The Balaban J connectivity index is 2.12. The number of aromatic nitrogens is 1. The van der Waals surface area contributed by atoms with E-state index < -0.39 is 11.6 Å². The highest BCUT2D eigenvalue weighted by Crippen LogP contribution is 2.28. The third-order valence-electron chi connectivity index (χ3n) is 3.26. The summed E-state index contributed by atoms with van der Waals surface area (Å²) in [6, 6.07) is 9.87. The number of benzene rings is 2. The third kappa shape index (κ3) is 2.70. The summed E-state index contributed by atoms with van der Waals surface area (Å²) in [5, 5.41) is 3.63. The quantitative estimate of drug-likeness (QED) is 0.726. The van der Waals surface area contributed by atoms with Crippen LogP contribution in [-0.4, -0.2) is 4.98 Å². The molecular weight excluding hydrogens is 270 g/mol. The molecule has 1 N–H and O–H groups in total. The summed E-state index contributed by atoms with van der Waals surface area (Å²) in [5.41, 5.74) is 3.90. The highest BCUT2D eigenvalue weighted by atomic mass is 19.1. The molecule has 0 unspecified atom stereocenters. The number of pyridine rings is 1. The number of aryl methyl sites for hydroxylation is 2. The Morgan fingerprint density at radius 3 is 2.38 bits per heavy atom. The second kappa shape index (κ2) is 5.13. The molecule has 106 valence electrons. The molecule has 0 aliphatic carbocycles. The highest BCUT2D eigenvalue weighted by molar-refractivity contribution is 5.93. The van der Waals surface area contributed by atoms with Crippen molar-refractivity contribution in [1.82, 2.24) is 4.98 Å². The molecular formula is C17H14F2N2. The van der Waals surface area contributed by atoms with Gasteiger partial charge >= 0.3 is 0 Å². The van der Waals surface area contributed by atoms with E-state index in [1.807, 2.05) is 26.0 Å². The molecule has 3 rings (SSSR count). The first-order valence-electron chi connectivity index (χ1n) is 6.62. The lowest BCUT2D eigenvalue weighted by molar-refractivity contribution is 0.590. The minimum absolute atomic E-state index is 0.158. The summed E-state index contributed by atoms with van der Waals surface area (Å²) in [6.07, 6.45) is 1.51. The van der Waals surface area contributed by atoms with E-state index in [0.717, 1.165) is 22.9 Å². The van der Waals surface area contributed by atoms with Gasteiger partial charge in [-0.3, -0.25) is 4.98 Å². The molecule has 4 heteroatoms. The molecule has 1 aromatic heterocycles. The van der Waals surface area contributed by atoms with Gasteiger partial charge in [-0.05, 0) is 49.2 Å². The fourth-order valence-corrected chi connectivity index (χ4v) is 2.49. The van der Waals surface area contributed by atoms with Gasteiger partial charge in [0.05, 0.1) is 0 Å². The Morgan fingerprint density at radius 1 is 0.952 bits per heavy atom. The summed E-state index contributed by atoms with van der Waals surface area (Å²) < 4.78 is 27.2. The van der Waals surface area contributed by atoms with Crippen molar-refractivity contribution in [2.45, 2.75) is 13.8 Å². The number of halogens is 2. The first kappa shape index (κ1) is 13.5. The van der Waals surface area contributed by atoms with Crippen LogP contribution in [0, 0.1) is 25.5 Å². The Labute approximate surface area is 121 Å². The zero-order chi connectivity index (χ0) is 15.0. The van der Waals surface area contributed by atoms with Gasteiger partial charge in [-0.2, -0.15) is 0 Å². The maximum absolute atomic E-state index is 13.8. The van der Waals surface area contributed by atoms with E-state index in [-0.39, 0.29) is 5.52 Å². The summed E-state index contributed by atoms with van der Waals surface area (Å²) >= 11 is 0. The standard InChI is InChI=1S/C17H14F2N2/c1-10-5-11(2)7-13(6-10)21-16-3-4-20-17-14(16)8-12(18)9-15(17)19/h3-9H,1-2H3,(H,20,21). The normalized spacial score (nSPS) is 10.9. The van der Waals surface area contributed by atoms with E-state index in [1.54, 1.807) is 6.07 Å². The van der Waals surface area contributed by atoms with Crippen LogP contribution in [0.2, 0.25) is 0 Å². The molecule has 0 fully saturated rings. The van der Waals surface area contributed by atoms with Gasteiger partial charge in [0.1, 0.15) is 11.3 Å². The average Bonchev–Trinajstić information content (AvgIpc) is 2.38. The van der Waals surface area contributed by atoms with E-state index in [1.165, 1.54) is 12.3 Å². The number of nitrogens with one attached hydrogen (secondary N) is 1. The third-order valence-corrected chi connectivity index (χ3v) is 3.26. The van der Waals surface area contributed by atoms with Crippen molar-refractivity contribution < 1.29 is 8.78 Å². The van der Waals surface area contributed by atoms with E-state index in [4.69, 9.17) is 0 Å². The van der Waals surface area contributed by atoms with Gasteiger partial charge in [0, 0.05) is 29.0 Å². The lowest BCUT2D eigenvalue weighted by Gasteiger charge is -2.11. The maximum Gasteiger partial charge on any atom is 0.152 e. The molecule has 0 amide bonds. The van der Waals surface area contributed by atoms with Crippen LogP contribution in [0.5, 0.6) is 0 Å². The minimum atomic E-state index is -0.658. The molecule has 0 bridgehead atoms. The van der Waals surface area contributed by atoms with Crippen molar-refractivity contribution >= 4 is 22.3 Å². The monoisotopic (exact) mass is 284 g/mol. The molecule has 0 saturated heterocycles. The molecule has 1 heterocycles. The number of anilines is 2. The van der Waals surface area contributed by atoms with Gasteiger partial charge in [0.25, 0.3) is 0 Å². The highest BCUT2D eigenvalue weighted by Gasteiger charge is 2.09. The molecule has 2 nitrogen and oxygen atoms in total. The van der Waals surface area contributed by atoms with Crippen LogP contribution in [0.15, 0.2) is 42.6 Å². The fraction of sp³-hybridized carbons (Fsp3) is 0.118. The minimum Gasteiger partial charge on any atom is -0.355 e. The van der Waals surface area contributed by atoms with Crippen molar-refractivity contribution in [3.63, 3.8) is 0 Å². The zero-order valence-electron chi connectivity index (χ0n) is 11.7.